The van der Waals surface area contributed by atoms with Gasteiger partial charge in [-0.25, -0.2) is 0 Å². The van der Waals surface area contributed by atoms with E-state index in [1.54, 1.807) is 0 Å². The fourth-order valence-electron chi connectivity index (χ4n) is 1.90. The first-order valence-corrected chi connectivity index (χ1v) is 4.45. The molecule has 0 fully saturated rings. The van der Waals surface area contributed by atoms with Crippen LogP contribution in [0, 0.1) is 23.7 Å². The van der Waals surface area contributed by atoms with Gasteiger partial charge in [0, 0.05) is 0 Å². The lowest BCUT2D eigenvalue weighted by Gasteiger charge is -2.31. The van der Waals surface area contributed by atoms with Crippen molar-refractivity contribution in [1.29, 1.82) is 0 Å². The Hall–Kier alpha value is -0.790. The molecule has 0 aromatic carbocycles. The van der Waals surface area contributed by atoms with Gasteiger partial charge in [0.2, 0.25) is 0 Å². The van der Waals surface area contributed by atoms with Crippen LogP contribution in [0.5, 0.6) is 0 Å². The summed E-state index contributed by atoms with van der Waals surface area (Å²) in [7, 11) is 0. The highest BCUT2D eigenvalue weighted by Crippen LogP contribution is 2.33. The molecule has 0 aromatic heterocycles. The van der Waals surface area contributed by atoms with Gasteiger partial charge in [-0.1, -0.05) is 32.9 Å². The number of carboxylic acid groups (broad SMARTS) is 1. The van der Waals surface area contributed by atoms with E-state index in [2.05, 4.69) is 13.0 Å². The van der Waals surface area contributed by atoms with Crippen molar-refractivity contribution >= 4 is 5.97 Å². The van der Waals surface area contributed by atoms with E-state index < -0.39 is 5.97 Å². The fraction of sp³-hybridized carbons (Fsp3) is 0.700. The molecule has 1 N–H and O–H groups in total. The number of aliphatic carboxylic acids is 1. The molecule has 12 heavy (non-hydrogen) atoms. The molecule has 68 valence electrons. The maximum atomic E-state index is 10.9. The van der Waals surface area contributed by atoms with E-state index in [4.69, 9.17) is 5.11 Å². The largest absolute Gasteiger partial charge is 0.481 e. The van der Waals surface area contributed by atoms with Crippen molar-refractivity contribution in [3.05, 3.63) is 12.2 Å². The summed E-state index contributed by atoms with van der Waals surface area (Å²) in [5.74, 6) is -0.0466. The summed E-state index contributed by atoms with van der Waals surface area (Å²) in [6, 6.07) is 0. The minimum atomic E-state index is -0.661. The number of hydrogen-bond acceptors (Lipinski definition) is 1. The summed E-state index contributed by atoms with van der Waals surface area (Å²) in [4.78, 5) is 10.9. The lowest BCUT2D eigenvalue weighted by Crippen LogP contribution is -2.33. The Morgan fingerprint density at radius 3 is 2.08 bits per heavy atom. The van der Waals surface area contributed by atoms with Gasteiger partial charge in [0.05, 0.1) is 5.92 Å². The second-order valence-electron chi connectivity index (χ2n) is 3.83. The third-order valence-electron chi connectivity index (χ3n) is 2.97. The van der Waals surface area contributed by atoms with Gasteiger partial charge in [-0.2, -0.15) is 0 Å². The summed E-state index contributed by atoms with van der Waals surface area (Å²) >= 11 is 0. The van der Waals surface area contributed by atoms with Gasteiger partial charge in [0.1, 0.15) is 0 Å². The van der Waals surface area contributed by atoms with Gasteiger partial charge >= 0.3 is 5.97 Å². The Balaban J connectivity index is 2.84. The Morgan fingerprint density at radius 1 is 1.17 bits per heavy atom. The van der Waals surface area contributed by atoms with Crippen molar-refractivity contribution in [3.8, 4) is 0 Å². The third-order valence-corrected chi connectivity index (χ3v) is 2.97. The highest BCUT2D eigenvalue weighted by molar-refractivity contribution is 5.71. The maximum Gasteiger partial charge on any atom is 0.307 e. The van der Waals surface area contributed by atoms with Crippen LogP contribution in [0.1, 0.15) is 20.8 Å². The highest BCUT2D eigenvalue weighted by atomic mass is 16.4. The first-order valence-electron chi connectivity index (χ1n) is 4.45. The molecule has 0 aliphatic heterocycles. The van der Waals surface area contributed by atoms with Crippen molar-refractivity contribution in [1.82, 2.24) is 0 Å². The normalized spacial score (nSPS) is 41.2. The monoisotopic (exact) mass is 168 g/mol. The minimum Gasteiger partial charge on any atom is -0.481 e. The van der Waals surface area contributed by atoms with E-state index in [0.717, 1.165) is 0 Å². The molecule has 1 rings (SSSR count). The van der Waals surface area contributed by atoms with E-state index in [0.29, 0.717) is 5.92 Å². The molecule has 3 unspecified atom stereocenters. The predicted molar refractivity (Wildman–Crippen MR) is 47.8 cm³/mol. The third kappa shape index (κ3) is 1.52. The molecule has 0 heterocycles. The van der Waals surface area contributed by atoms with Crippen LogP contribution in [0.4, 0.5) is 0 Å². The fourth-order valence-corrected chi connectivity index (χ4v) is 1.90. The standard InChI is InChI=1S/C10H16O2/c1-6-4-5-7(2)9(8(6)3)10(11)12/h4-9H,1-3H3,(H,11,12)/t6?,7?,8-,9?/m0/s1. The van der Waals surface area contributed by atoms with E-state index >= 15 is 0 Å². The molecule has 0 spiro atoms. The van der Waals surface area contributed by atoms with Crippen molar-refractivity contribution in [3.63, 3.8) is 0 Å². The molecule has 1 aliphatic carbocycles. The molecular weight excluding hydrogens is 152 g/mol. The van der Waals surface area contributed by atoms with Crippen LogP contribution in [-0.4, -0.2) is 11.1 Å². The Morgan fingerprint density at radius 2 is 1.67 bits per heavy atom. The van der Waals surface area contributed by atoms with Gasteiger partial charge in [-0.3, -0.25) is 4.79 Å². The lowest BCUT2D eigenvalue weighted by molar-refractivity contribution is -0.145. The SMILES string of the molecule is CC1C=CC(C)[C@H](C)C1C(=O)O. The van der Waals surface area contributed by atoms with Gasteiger partial charge in [0.15, 0.2) is 0 Å². The van der Waals surface area contributed by atoms with Crippen LogP contribution < -0.4 is 0 Å². The average molecular weight is 168 g/mol. The first-order chi connectivity index (χ1) is 5.54. The second-order valence-corrected chi connectivity index (χ2v) is 3.83. The lowest BCUT2D eigenvalue weighted by atomic mass is 9.73. The van der Waals surface area contributed by atoms with Gasteiger partial charge in [-0.15, -0.1) is 0 Å². The molecule has 2 heteroatoms. The molecular formula is C10H16O2. The van der Waals surface area contributed by atoms with E-state index in [-0.39, 0.29) is 17.8 Å². The van der Waals surface area contributed by atoms with Crippen LogP contribution in [0.15, 0.2) is 12.2 Å². The smallest absolute Gasteiger partial charge is 0.307 e. The first kappa shape index (κ1) is 9.30. The molecule has 4 atom stereocenters. The van der Waals surface area contributed by atoms with Crippen molar-refractivity contribution in [2.45, 2.75) is 20.8 Å². The zero-order chi connectivity index (χ0) is 9.30. The predicted octanol–water partition coefficient (Wildman–Crippen LogP) is 2.17. The number of rotatable bonds is 1. The van der Waals surface area contributed by atoms with E-state index in [9.17, 15) is 4.79 Å². The highest BCUT2D eigenvalue weighted by Gasteiger charge is 2.34. The molecule has 0 aromatic rings. The summed E-state index contributed by atoms with van der Waals surface area (Å²) < 4.78 is 0. The summed E-state index contributed by atoms with van der Waals surface area (Å²) in [5.41, 5.74) is 0. The zero-order valence-corrected chi connectivity index (χ0v) is 7.82. The minimum absolute atomic E-state index is 0.175. The number of carbonyl (C=O) groups is 1. The van der Waals surface area contributed by atoms with E-state index in [1.807, 2.05) is 19.9 Å². The molecule has 2 nitrogen and oxygen atoms in total. The quantitative estimate of drug-likeness (QED) is 0.609. The molecule has 0 bridgehead atoms. The number of carboxylic acids is 1. The van der Waals surface area contributed by atoms with Crippen molar-refractivity contribution in [2.75, 3.05) is 0 Å². The molecule has 0 amide bonds. The van der Waals surface area contributed by atoms with Gasteiger partial charge in [-0.05, 0) is 17.8 Å². The molecule has 0 saturated heterocycles. The van der Waals surface area contributed by atoms with Crippen molar-refractivity contribution < 1.29 is 9.90 Å². The summed E-state index contributed by atoms with van der Waals surface area (Å²) in [6.07, 6.45) is 4.14. The van der Waals surface area contributed by atoms with Crippen LogP contribution in [0.3, 0.4) is 0 Å². The zero-order valence-electron chi connectivity index (χ0n) is 7.82. The van der Waals surface area contributed by atoms with Crippen LogP contribution >= 0.6 is 0 Å². The molecule has 0 radical (unpaired) electrons. The topological polar surface area (TPSA) is 37.3 Å². The Labute approximate surface area is 73.3 Å². The molecule has 0 saturated carbocycles. The number of allylic oxidation sites excluding steroid dienone is 2. The second kappa shape index (κ2) is 3.30. The molecule has 1 aliphatic rings. The summed E-state index contributed by atoms with van der Waals surface area (Å²) in [6.45, 7) is 6.06. The van der Waals surface area contributed by atoms with Crippen LogP contribution in [0.25, 0.3) is 0 Å². The number of hydrogen-bond donors (Lipinski definition) is 1. The van der Waals surface area contributed by atoms with Gasteiger partial charge in [0.25, 0.3) is 0 Å². The Bertz CT molecular complexity index is 208. The summed E-state index contributed by atoms with van der Waals surface area (Å²) in [5, 5.41) is 8.96. The van der Waals surface area contributed by atoms with Crippen LogP contribution in [-0.2, 0) is 4.79 Å². The van der Waals surface area contributed by atoms with Crippen LogP contribution in [0.2, 0.25) is 0 Å². The Kier molecular flexibility index (Phi) is 2.55. The maximum absolute atomic E-state index is 10.9. The average Bonchev–Trinajstić information content (AvgIpc) is 1.97. The van der Waals surface area contributed by atoms with Gasteiger partial charge < -0.3 is 5.11 Å². The van der Waals surface area contributed by atoms with Crippen molar-refractivity contribution in [2.24, 2.45) is 23.7 Å². The van der Waals surface area contributed by atoms with E-state index in [1.165, 1.54) is 0 Å².